The Hall–Kier alpha value is -2.78. The number of hydrogen-bond donors (Lipinski definition) is 0. The van der Waals surface area contributed by atoms with Gasteiger partial charge in [-0.3, -0.25) is 4.57 Å². The number of sulfonamides is 1. The van der Waals surface area contributed by atoms with Gasteiger partial charge in [0.1, 0.15) is 6.61 Å². The fraction of sp³-hybridized carbons (Fsp3) is 0.350. The highest BCUT2D eigenvalue weighted by molar-refractivity contribution is 7.89. The van der Waals surface area contributed by atoms with Crippen LogP contribution in [0, 0.1) is 0 Å². The van der Waals surface area contributed by atoms with Crippen LogP contribution in [0.25, 0.3) is 11.1 Å². The summed E-state index contributed by atoms with van der Waals surface area (Å²) in [6.45, 7) is 1.52. The summed E-state index contributed by atoms with van der Waals surface area (Å²) >= 11 is 0. The average Bonchev–Trinajstić information content (AvgIpc) is 3.37. The number of hydrogen-bond acceptors (Lipinski definition) is 6. The molecule has 9 heteroatoms. The summed E-state index contributed by atoms with van der Waals surface area (Å²) in [7, 11) is -2.01. The van der Waals surface area contributed by atoms with Crippen LogP contribution < -0.4 is 15.2 Å². The smallest absolute Gasteiger partial charge is 0.420 e. The molecule has 0 bridgehead atoms. The number of nitrogens with zero attached hydrogens (tertiary/aromatic N) is 2. The number of benzene rings is 2. The fourth-order valence-electron chi connectivity index (χ4n) is 3.48. The zero-order chi connectivity index (χ0) is 20.4. The van der Waals surface area contributed by atoms with Gasteiger partial charge in [0.2, 0.25) is 10.0 Å². The molecule has 1 aliphatic heterocycles. The number of methoxy groups -OCH3 is 1. The van der Waals surface area contributed by atoms with Crippen LogP contribution in [-0.4, -0.2) is 44.1 Å². The maximum atomic E-state index is 12.7. The molecule has 29 heavy (non-hydrogen) atoms. The Balaban J connectivity index is 1.55. The molecule has 0 saturated carbocycles. The lowest BCUT2D eigenvalue weighted by Gasteiger charge is -2.15. The Bertz CT molecular complexity index is 1180. The van der Waals surface area contributed by atoms with Crippen molar-refractivity contribution in [3.05, 3.63) is 53.0 Å². The second kappa shape index (κ2) is 7.92. The Kier molecular flexibility index (Phi) is 5.33. The van der Waals surface area contributed by atoms with Gasteiger partial charge in [-0.2, -0.15) is 4.31 Å². The molecule has 2 aromatic carbocycles. The number of rotatable bonds is 7. The Morgan fingerprint density at radius 1 is 1.07 bits per heavy atom. The minimum Gasteiger partial charge on any atom is -0.493 e. The molecule has 3 aromatic rings. The zero-order valence-electron chi connectivity index (χ0n) is 16.0. The van der Waals surface area contributed by atoms with Crippen molar-refractivity contribution in [3.63, 3.8) is 0 Å². The minimum atomic E-state index is -3.57. The molecule has 0 amide bonds. The molecular formula is C20H22N2O6S. The summed E-state index contributed by atoms with van der Waals surface area (Å²) in [6.07, 6.45) is 1.72. The molecule has 0 atom stereocenters. The van der Waals surface area contributed by atoms with Crippen molar-refractivity contribution >= 4 is 21.1 Å². The highest BCUT2D eigenvalue weighted by Gasteiger charge is 2.28. The van der Waals surface area contributed by atoms with Crippen molar-refractivity contribution < 1.29 is 22.3 Å². The highest BCUT2D eigenvalue weighted by Crippen LogP contribution is 2.26. The first-order chi connectivity index (χ1) is 14.0. The van der Waals surface area contributed by atoms with E-state index < -0.39 is 15.8 Å². The molecule has 1 saturated heterocycles. The first kappa shape index (κ1) is 19.5. The van der Waals surface area contributed by atoms with Gasteiger partial charge in [-0.25, -0.2) is 13.2 Å². The predicted molar refractivity (Wildman–Crippen MR) is 107 cm³/mol. The normalized spacial score (nSPS) is 15.1. The summed E-state index contributed by atoms with van der Waals surface area (Å²) < 4.78 is 44.6. The van der Waals surface area contributed by atoms with E-state index in [9.17, 15) is 13.2 Å². The molecule has 154 valence electrons. The lowest BCUT2D eigenvalue weighted by atomic mass is 10.3. The number of fused-ring (bicyclic) bond motifs is 1. The SMILES string of the molecule is COc1ccccc1OCCn1c(=O)oc2cc(S(=O)(=O)N3CCCC3)ccc21. The summed E-state index contributed by atoms with van der Waals surface area (Å²) in [5.41, 5.74) is 0.770. The average molecular weight is 418 g/mol. The molecule has 0 aliphatic carbocycles. The van der Waals surface area contributed by atoms with Crippen molar-refractivity contribution in [1.29, 1.82) is 0 Å². The predicted octanol–water partition coefficient (Wildman–Crippen LogP) is 2.47. The highest BCUT2D eigenvalue weighted by atomic mass is 32.2. The van der Waals surface area contributed by atoms with Crippen LogP contribution in [0.1, 0.15) is 12.8 Å². The van der Waals surface area contributed by atoms with E-state index in [-0.39, 0.29) is 23.6 Å². The Labute approximate surface area is 168 Å². The molecular weight excluding hydrogens is 396 g/mol. The molecule has 4 rings (SSSR count). The van der Waals surface area contributed by atoms with E-state index in [1.165, 1.54) is 21.0 Å². The van der Waals surface area contributed by atoms with E-state index in [1.807, 2.05) is 12.1 Å². The van der Waals surface area contributed by atoms with Gasteiger partial charge in [-0.15, -0.1) is 0 Å². The second-order valence-electron chi connectivity index (χ2n) is 6.76. The summed E-state index contributed by atoms with van der Waals surface area (Å²) in [5, 5.41) is 0. The Morgan fingerprint density at radius 2 is 1.79 bits per heavy atom. The second-order valence-corrected chi connectivity index (χ2v) is 8.70. The van der Waals surface area contributed by atoms with E-state index in [1.54, 1.807) is 25.3 Å². The maximum absolute atomic E-state index is 12.7. The van der Waals surface area contributed by atoms with Gasteiger partial charge in [0.15, 0.2) is 17.1 Å². The number of aromatic nitrogens is 1. The molecule has 0 radical (unpaired) electrons. The van der Waals surface area contributed by atoms with E-state index in [0.29, 0.717) is 30.1 Å². The van der Waals surface area contributed by atoms with Crippen LogP contribution in [0.3, 0.4) is 0 Å². The van der Waals surface area contributed by atoms with Crippen LogP contribution in [0.4, 0.5) is 0 Å². The maximum Gasteiger partial charge on any atom is 0.420 e. The first-order valence-electron chi connectivity index (χ1n) is 9.40. The van der Waals surface area contributed by atoms with Gasteiger partial charge in [0, 0.05) is 19.2 Å². The van der Waals surface area contributed by atoms with Crippen LogP contribution in [-0.2, 0) is 16.6 Å². The van der Waals surface area contributed by atoms with Crippen molar-refractivity contribution in [2.45, 2.75) is 24.3 Å². The van der Waals surface area contributed by atoms with Crippen molar-refractivity contribution in [2.24, 2.45) is 0 Å². The topological polar surface area (TPSA) is 91.0 Å². The van der Waals surface area contributed by atoms with Gasteiger partial charge in [-0.1, -0.05) is 12.1 Å². The molecule has 2 heterocycles. The minimum absolute atomic E-state index is 0.137. The molecule has 1 aromatic heterocycles. The van der Waals surface area contributed by atoms with E-state index >= 15 is 0 Å². The third-order valence-corrected chi connectivity index (χ3v) is 6.88. The summed E-state index contributed by atoms with van der Waals surface area (Å²) in [5.74, 6) is 0.628. The fourth-order valence-corrected chi connectivity index (χ4v) is 5.01. The molecule has 0 N–H and O–H groups in total. The molecule has 0 unspecified atom stereocenters. The quantitative estimate of drug-likeness (QED) is 0.585. The standard InChI is InChI=1S/C20H22N2O6S/c1-26-17-6-2-3-7-18(17)27-13-12-22-16-9-8-15(14-19(16)28-20(22)23)29(24,25)21-10-4-5-11-21/h2-3,6-9,14H,4-5,10-13H2,1H3. The molecule has 8 nitrogen and oxygen atoms in total. The van der Waals surface area contributed by atoms with E-state index in [2.05, 4.69) is 0 Å². The van der Waals surface area contributed by atoms with Crippen molar-refractivity contribution in [3.8, 4) is 11.5 Å². The summed E-state index contributed by atoms with van der Waals surface area (Å²) in [4.78, 5) is 12.4. The van der Waals surface area contributed by atoms with Crippen molar-refractivity contribution in [2.75, 3.05) is 26.8 Å². The van der Waals surface area contributed by atoms with E-state index in [4.69, 9.17) is 13.9 Å². The third-order valence-electron chi connectivity index (χ3n) is 4.98. The van der Waals surface area contributed by atoms with Gasteiger partial charge in [-0.05, 0) is 37.1 Å². The molecule has 1 fully saturated rings. The number of oxazole rings is 1. The van der Waals surface area contributed by atoms with Gasteiger partial charge < -0.3 is 13.9 Å². The van der Waals surface area contributed by atoms with Gasteiger partial charge in [0.25, 0.3) is 0 Å². The molecule has 1 aliphatic rings. The first-order valence-corrected chi connectivity index (χ1v) is 10.8. The van der Waals surface area contributed by atoms with Gasteiger partial charge in [0.05, 0.1) is 24.1 Å². The lowest BCUT2D eigenvalue weighted by molar-refractivity contribution is 0.277. The number of ether oxygens (including phenoxy) is 2. The van der Waals surface area contributed by atoms with Crippen LogP contribution in [0.15, 0.2) is 56.6 Å². The summed E-state index contributed by atoms with van der Waals surface area (Å²) in [6, 6.07) is 11.8. The Morgan fingerprint density at radius 3 is 2.52 bits per heavy atom. The van der Waals surface area contributed by atoms with Crippen molar-refractivity contribution in [1.82, 2.24) is 8.87 Å². The largest absolute Gasteiger partial charge is 0.493 e. The van der Waals surface area contributed by atoms with Crippen LogP contribution >= 0.6 is 0 Å². The number of para-hydroxylation sites is 2. The van der Waals surface area contributed by atoms with Crippen LogP contribution in [0.2, 0.25) is 0 Å². The zero-order valence-corrected chi connectivity index (χ0v) is 16.9. The van der Waals surface area contributed by atoms with Crippen LogP contribution in [0.5, 0.6) is 11.5 Å². The monoisotopic (exact) mass is 418 g/mol. The van der Waals surface area contributed by atoms with Gasteiger partial charge >= 0.3 is 5.76 Å². The lowest BCUT2D eigenvalue weighted by Crippen LogP contribution is -2.27. The third kappa shape index (κ3) is 3.75. The molecule has 0 spiro atoms. The van der Waals surface area contributed by atoms with E-state index in [0.717, 1.165) is 12.8 Å².